The second-order valence-corrected chi connectivity index (χ2v) is 4.52. The molecule has 0 bridgehead atoms. The van der Waals surface area contributed by atoms with E-state index in [9.17, 15) is 0 Å². The molecular weight excluding hydrogens is 214 g/mol. The smallest absolute Gasteiger partial charge is 0.0589 e. The fourth-order valence-electron chi connectivity index (χ4n) is 2.19. The number of rotatable bonds is 6. The van der Waals surface area contributed by atoms with Gasteiger partial charge in [0, 0.05) is 45.2 Å². The van der Waals surface area contributed by atoms with Crippen LogP contribution in [0.1, 0.15) is 12.0 Å². The summed E-state index contributed by atoms with van der Waals surface area (Å²) in [5, 5.41) is 3.58. The van der Waals surface area contributed by atoms with Crippen LogP contribution in [0.2, 0.25) is 0 Å². The molecule has 4 heteroatoms. The number of ether oxygens (including phenoxy) is 1. The van der Waals surface area contributed by atoms with Gasteiger partial charge in [-0.2, -0.15) is 0 Å². The van der Waals surface area contributed by atoms with Crippen molar-refractivity contribution < 1.29 is 4.74 Å². The Hall–Kier alpha value is -0.970. The highest BCUT2D eigenvalue weighted by molar-refractivity contribution is 5.08. The van der Waals surface area contributed by atoms with Crippen molar-refractivity contribution >= 4 is 0 Å². The predicted octanol–water partition coefficient (Wildman–Crippen LogP) is 0.892. The zero-order valence-electron chi connectivity index (χ0n) is 10.4. The number of likely N-dealkylation sites (tertiary alicyclic amines) is 1. The SMILES string of the molecule is COCCN1CC[C@@H](NCc2cccnc2)C1. The molecule has 1 saturated heterocycles. The van der Waals surface area contributed by atoms with Gasteiger partial charge in [0.1, 0.15) is 0 Å². The summed E-state index contributed by atoms with van der Waals surface area (Å²) in [5.41, 5.74) is 1.25. The minimum Gasteiger partial charge on any atom is -0.383 e. The van der Waals surface area contributed by atoms with Crippen molar-refractivity contribution in [3.05, 3.63) is 30.1 Å². The molecule has 2 heterocycles. The van der Waals surface area contributed by atoms with Crippen LogP contribution in [0.3, 0.4) is 0 Å². The normalized spacial score (nSPS) is 20.9. The Morgan fingerprint density at radius 2 is 2.53 bits per heavy atom. The summed E-state index contributed by atoms with van der Waals surface area (Å²) >= 11 is 0. The van der Waals surface area contributed by atoms with Crippen LogP contribution in [0.25, 0.3) is 0 Å². The molecular formula is C13H21N3O. The molecule has 1 N–H and O–H groups in total. The first-order valence-electron chi connectivity index (χ1n) is 6.22. The second kappa shape index (κ2) is 6.69. The second-order valence-electron chi connectivity index (χ2n) is 4.52. The summed E-state index contributed by atoms with van der Waals surface area (Å²) in [6.07, 6.45) is 4.96. The maximum Gasteiger partial charge on any atom is 0.0589 e. The van der Waals surface area contributed by atoms with Crippen molar-refractivity contribution in [2.45, 2.75) is 19.0 Å². The lowest BCUT2D eigenvalue weighted by Crippen LogP contribution is -2.33. The Balaban J connectivity index is 1.68. The molecule has 1 aromatic heterocycles. The first-order valence-corrected chi connectivity index (χ1v) is 6.22. The molecule has 0 unspecified atom stereocenters. The third-order valence-electron chi connectivity index (χ3n) is 3.20. The van der Waals surface area contributed by atoms with Gasteiger partial charge in [-0.05, 0) is 24.6 Å². The largest absolute Gasteiger partial charge is 0.383 e. The third kappa shape index (κ3) is 4.07. The van der Waals surface area contributed by atoms with E-state index in [0.717, 1.165) is 26.2 Å². The van der Waals surface area contributed by atoms with E-state index >= 15 is 0 Å². The molecule has 2 rings (SSSR count). The van der Waals surface area contributed by atoms with E-state index in [4.69, 9.17) is 4.74 Å². The third-order valence-corrected chi connectivity index (χ3v) is 3.20. The molecule has 0 radical (unpaired) electrons. The van der Waals surface area contributed by atoms with Crippen molar-refractivity contribution in [1.82, 2.24) is 15.2 Å². The highest BCUT2D eigenvalue weighted by atomic mass is 16.5. The van der Waals surface area contributed by atoms with Crippen LogP contribution in [0.5, 0.6) is 0 Å². The van der Waals surface area contributed by atoms with Gasteiger partial charge in [0.2, 0.25) is 0 Å². The van der Waals surface area contributed by atoms with E-state index in [0.29, 0.717) is 6.04 Å². The average Bonchev–Trinajstić information content (AvgIpc) is 2.83. The Morgan fingerprint density at radius 1 is 1.59 bits per heavy atom. The van der Waals surface area contributed by atoms with Crippen LogP contribution in [0.15, 0.2) is 24.5 Å². The molecule has 0 spiro atoms. The molecule has 1 aliphatic rings. The zero-order chi connectivity index (χ0) is 11.9. The van der Waals surface area contributed by atoms with Crippen molar-refractivity contribution in [1.29, 1.82) is 0 Å². The first kappa shape index (κ1) is 12.5. The molecule has 1 atom stereocenters. The van der Waals surface area contributed by atoms with Gasteiger partial charge in [-0.25, -0.2) is 0 Å². The van der Waals surface area contributed by atoms with Gasteiger partial charge in [0.15, 0.2) is 0 Å². The summed E-state index contributed by atoms with van der Waals surface area (Å²) in [6.45, 7) is 5.09. The number of hydrogen-bond donors (Lipinski definition) is 1. The van der Waals surface area contributed by atoms with E-state index in [1.807, 2.05) is 18.5 Å². The van der Waals surface area contributed by atoms with Crippen LogP contribution >= 0.6 is 0 Å². The summed E-state index contributed by atoms with van der Waals surface area (Å²) in [6, 6.07) is 4.70. The van der Waals surface area contributed by atoms with Crippen molar-refractivity contribution in [3.8, 4) is 0 Å². The van der Waals surface area contributed by atoms with Crippen LogP contribution in [0, 0.1) is 0 Å². The standard InChI is InChI=1S/C13H21N3O/c1-17-8-7-16-6-4-13(11-16)15-10-12-3-2-5-14-9-12/h2-3,5,9,13,15H,4,6-8,10-11H2,1H3/t13-/m1/s1. The van der Waals surface area contributed by atoms with Gasteiger partial charge in [0.25, 0.3) is 0 Å². The Kier molecular flexibility index (Phi) is 4.91. The highest BCUT2D eigenvalue weighted by Crippen LogP contribution is 2.09. The minimum atomic E-state index is 0.604. The van der Waals surface area contributed by atoms with Gasteiger partial charge in [0.05, 0.1) is 6.61 Å². The molecule has 0 aromatic carbocycles. The molecule has 0 aliphatic carbocycles. The molecule has 1 aromatic rings. The molecule has 17 heavy (non-hydrogen) atoms. The monoisotopic (exact) mass is 235 g/mol. The topological polar surface area (TPSA) is 37.4 Å². The zero-order valence-corrected chi connectivity index (χ0v) is 10.4. The van der Waals surface area contributed by atoms with Gasteiger partial charge in [-0.1, -0.05) is 6.07 Å². The van der Waals surface area contributed by atoms with Crippen molar-refractivity contribution in [3.63, 3.8) is 0 Å². The van der Waals surface area contributed by atoms with Gasteiger partial charge >= 0.3 is 0 Å². The summed E-state index contributed by atoms with van der Waals surface area (Å²) in [7, 11) is 1.76. The summed E-state index contributed by atoms with van der Waals surface area (Å²) < 4.78 is 5.10. The molecule has 4 nitrogen and oxygen atoms in total. The Morgan fingerprint density at radius 3 is 3.29 bits per heavy atom. The average molecular weight is 235 g/mol. The number of nitrogens with zero attached hydrogens (tertiary/aromatic N) is 2. The van der Waals surface area contributed by atoms with Gasteiger partial charge < -0.3 is 10.1 Å². The molecule has 0 saturated carbocycles. The van der Waals surface area contributed by atoms with Crippen LogP contribution in [-0.2, 0) is 11.3 Å². The minimum absolute atomic E-state index is 0.604. The molecule has 0 amide bonds. The summed E-state index contributed by atoms with van der Waals surface area (Å²) in [4.78, 5) is 6.57. The van der Waals surface area contributed by atoms with Gasteiger partial charge in [-0.15, -0.1) is 0 Å². The number of nitrogens with one attached hydrogen (secondary N) is 1. The van der Waals surface area contributed by atoms with Crippen molar-refractivity contribution in [2.24, 2.45) is 0 Å². The quantitative estimate of drug-likeness (QED) is 0.794. The first-order chi connectivity index (χ1) is 8.38. The van der Waals surface area contributed by atoms with Crippen molar-refractivity contribution in [2.75, 3.05) is 33.4 Å². The fraction of sp³-hybridized carbons (Fsp3) is 0.615. The van der Waals surface area contributed by atoms with E-state index < -0.39 is 0 Å². The van der Waals surface area contributed by atoms with E-state index in [1.165, 1.54) is 18.5 Å². The number of aromatic nitrogens is 1. The predicted molar refractivity (Wildman–Crippen MR) is 67.8 cm³/mol. The fourth-order valence-corrected chi connectivity index (χ4v) is 2.19. The lowest BCUT2D eigenvalue weighted by Gasteiger charge is -2.16. The Bertz CT molecular complexity index is 318. The van der Waals surface area contributed by atoms with Crippen LogP contribution < -0.4 is 5.32 Å². The highest BCUT2D eigenvalue weighted by Gasteiger charge is 2.21. The molecule has 1 aliphatic heterocycles. The van der Waals surface area contributed by atoms with E-state index in [1.54, 1.807) is 7.11 Å². The number of pyridine rings is 1. The lowest BCUT2D eigenvalue weighted by molar-refractivity contribution is 0.159. The summed E-state index contributed by atoms with van der Waals surface area (Å²) in [5.74, 6) is 0. The lowest BCUT2D eigenvalue weighted by atomic mass is 10.2. The van der Waals surface area contributed by atoms with E-state index in [2.05, 4.69) is 21.3 Å². The van der Waals surface area contributed by atoms with Crippen LogP contribution in [-0.4, -0.2) is 49.3 Å². The van der Waals surface area contributed by atoms with Gasteiger partial charge in [-0.3, -0.25) is 9.88 Å². The maximum atomic E-state index is 5.10. The van der Waals surface area contributed by atoms with Crippen LogP contribution in [0.4, 0.5) is 0 Å². The van der Waals surface area contributed by atoms with E-state index in [-0.39, 0.29) is 0 Å². The maximum absolute atomic E-state index is 5.10. The number of hydrogen-bond acceptors (Lipinski definition) is 4. The molecule has 1 fully saturated rings. The molecule has 94 valence electrons. The Labute approximate surface area is 103 Å². The number of methoxy groups -OCH3 is 1.